The molecule has 3 aromatic rings. The maximum atomic E-state index is 13.7. The van der Waals surface area contributed by atoms with E-state index in [1.165, 1.54) is 60.5 Å². The number of hydrogen-bond donors (Lipinski definition) is 1. The molecule has 3 aromatic carbocycles. The molecule has 0 aromatic heterocycles. The molecule has 35 heavy (non-hydrogen) atoms. The minimum atomic E-state index is -1.02. The monoisotopic (exact) mass is 475 g/mol. The number of ketones is 1. The molecular weight excluding hydrogens is 453 g/mol. The second-order valence-corrected chi connectivity index (χ2v) is 7.72. The van der Waals surface area contributed by atoms with Crippen molar-refractivity contribution >= 4 is 29.1 Å². The van der Waals surface area contributed by atoms with Gasteiger partial charge >= 0.3 is 5.97 Å². The summed E-state index contributed by atoms with van der Waals surface area (Å²) in [4.78, 5) is 39.6. The number of aliphatic hydroxyl groups excluding tert-OH is 1. The van der Waals surface area contributed by atoms with Gasteiger partial charge in [0, 0.05) is 11.3 Å². The zero-order valence-electron chi connectivity index (χ0n) is 19.0. The maximum absolute atomic E-state index is 13.7. The molecule has 1 aliphatic rings. The van der Waals surface area contributed by atoms with Crippen LogP contribution in [0.15, 0.2) is 78.4 Å². The van der Waals surface area contributed by atoms with Gasteiger partial charge in [0.15, 0.2) is 0 Å². The van der Waals surface area contributed by atoms with Gasteiger partial charge in [-0.1, -0.05) is 12.1 Å². The molecule has 1 heterocycles. The van der Waals surface area contributed by atoms with Crippen molar-refractivity contribution in [2.75, 3.05) is 18.6 Å². The smallest absolute Gasteiger partial charge is 0.338 e. The molecule has 1 atom stereocenters. The number of carbonyl (C=O) groups is 3. The molecule has 8 heteroatoms. The first-order valence-electron chi connectivity index (χ1n) is 10.8. The Morgan fingerprint density at radius 1 is 0.943 bits per heavy atom. The van der Waals surface area contributed by atoms with Gasteiger partial charge in [0.25, 0.3) is 11.7 Å². The summed E-state index contributed by atoms with van der Waals surface area (Å²) in [6.45, 7) is 1.91. The first-order valence-corrected chi connectivity index (χ1v) is 10.8. The van der Waals surface area contributed by atoms with Gasteiger partial charge in [-0.05, 0) is 73.2 Å². The quantitative estimate of drug-likeness (QED) is 0.242. The lowest BCUT2D eigenvalue weighted by Crippen LogP contribution is -2.29. The van der Waals surface area contributed by atoms with E-state index in [4.69, 9.17) is 9.47 Å². The molecule has 0 radical (unpaired) electrons. The Labute approximate surface area is 201 Å². The molecule has 1 aliphatic heterocycles. The predicted octanol–water partition coefficient (Wildman–Crippen LogP) is 4.64. The lowest BCUT2D eigenvalue weighted by molar-refractivity contribution is -0.132. The fourth-order valence-electron chi connectivity index (χ4n) is 3.94. The van der Waals surface area contributed by atoms with Gasteiger partial charge in [-0.15, -0.1) is 0 Å². The van der Waals surface area contributed by atoms with E-state index in [2.05, 4.69) is 0 Å². The Balaban J connectivity index is 1.84. The van der Waals surface area contributed by atoms with E-state index in [1.807, 2.05) is 0 Å². The molecule has 1 fully saturated rings. The number of ether oxygens (including phenoxy) is 2. The summed E-state index contributed by atoms with van der Waals surface area (Å²) in [5.41, 5.74) is 1.21. The van der Waals surface area contributed by atoms with Crippen LogP contribution < -0.4 is 9.64 Å². The summed E-state index contributed by atoms with van der Waals surface area (Å²) in [7, 11) is 1.50. The average molecular weight is 475 g/mol. The Kier molecular flexibility index (Phi) is 6.64. The fraction of sp³-hybridized carbons (Fsp3) is 0.148. The number of carbonyl (C=O) groups excluding carboxylic acids is 3. The third-order valence-electron chi connectivity index (χ3n) is 5.65. The predicted molar refractivity (Wildman–Crippen MR) is 127 cm³/mol. The summed E-state index contributed by atoms with van der Waals surface area (Å²) >= 11 is 0. The summed E-state index contributed by atoms with van der Waals surface area (Å²) in [5, 5.41) is 11.1. The summed E-state index contributed by atoms with van der Waals surface area (Å²) in [6, 6.07) is 16.7. The first kappa shape index (κ1) is 23.7. The van der Waals surface area contributed by atoms with Crippen molar-refractivity contribution in [2.45, 2.75) is 13.0 Å². The van der Waals surface area contributed by atoms with Gasteiger partial charge in [0.05, 0.1) is 30.9 Å². The van der Waals surface area contributed by atoms with Crippen LogP contribution >= 0.6 is 0 Å². The second kappa shape index (κ2) is 9.80. The third kappa shape index (κ3) is 4.50. The van der Waals surface area contributed by atoms with Crippen LogP contribution in [0.25, 0.3) is 5.76 Å². The Morgan fingerprint density at radius 2 is 1.54 bits per heavy atom. The maximum Gasteiger partial charge on any atom is 0.338 e. The SMILES string of the molecule is CCOC(=O)c1ccc(N2C(=O)C(=O)/C(=C(\O)c3ccc(OC)cc3)C2c2ccc(F)cc2)cc1. The van der Waals surface area contributed by atoms with E-state index in [9.17, 15) is 23.9 Å². The molecule has 1 N–H and O–H groups in total. The minimum Gasteiger partial charge on any atom is -0.507 e. The van der Waals surface area contributed by atoms with E-state index in [-0.39, 0.29) is 23.5 Å². The number of methoxy groups -OCH3 is 1. The topological polar surface area (TPSA) is 93.1 Å². The number of rotatable bonds is 6. The number of Topliss-reactive ketones (excluding diaryl/α,β-unsaturated/α-hetero) is 1. The molecule has 4 rings (SSSR count). The van der Waals surface area contributed by atoms with Crippen molar-refractivity contribution < 1.29 is 33.4 Å². The van der Waals surface area contributed by atoms with Crippen molar-refractivity contribution in [3.05, 3.63) is 101 Å². The number of amides is 1. The molecule has 0 spiro atoms. The highest BCUT2D eigenvalue weighted by atomic mass is 19.1. The first-order chi connectivity index (χ1) is 16.8. The van der Waals surface area contributed by atoms with Gasteiger partial charge < -0.3 is 14.6 Å². The third-order valence-corrected chi connectivity index (χ3v) is 5.65. The normalized spacial score (nSPS) is 16.9. The molecule has 7 nitrogen and oxygen atoms in total. The lowest BCUT2D eigenvalue weighted by atomic mass is 9.95. The largest absolute Gasteiger partial charge is 0.507 e. The highest BCUT2D eigenvalue weighted by Crippen LogP contribution is 2.42. The Bertz CT molecular complexity index is 1300. The summed E-state index contributed by atoms with van der Waals surface area (Å²) < 4.78 is 23.8. The van der Waals surface area contributed by atoms with E-state index >= 15 is 0 Å². The molecule has 0 bridgehead atoms. The van der Waals surface area contributed by atoms with E-state index < -0.39 is 29.5 Å². The van der Waals surface area contributed by atoms with Gasteiger partial charge in [0.1, 0.15) is 17.3 Å². The van der Waals surface area contributed by atoms with E-state index in [1.54, 1.807) is 31.2 Å². The molecular formula is C27H22FNO6. The number of aliphatic hydroxyl groups is 1. The van der Waals surface area contributed by atoms with Crippen LogP contribution in [0.4, 0.5) is 10.1 Å². The molecule has 1 unspecified atom stereocenters. The molecule has 0 aliphatic carbocycles. The molecule has 1 saturated heterocycles. The average Bonchev–Trinajstić information content (AvgIpc) is 3.14. The van der Waals surface area contributed by atoms with Gasteiger partial charge in [0.2, 0.25) is 0 Å². The van der Waals surface area contributed by atoms with Gasteiger partial charge in [-0.3, -0.25) is 14.5 Å². The van der Waals surface area contributed by atoms with Crippen molar-refractivity contribution in [3.63, 3.8) is 0 Å². The highest BCUT2D eigenvalue weighted by Gasteiger charge is 2.47. The van der Waals surface area contributed by atoms with Crippen LogP contribution in [0.5, 0.6) is 5.75 Å². The van der Waals surface area contributed by atoms with Crippen LogP contribution in [0.2, 0.25) is 0 Å². The number of anilines is 1. The number of nitrogens with zero attached hydrogens (tertiary/aromatic N) is 1. The number of halogens is 1. The van der Waals surface area contributed by atoms with Crippen LogP contribution in [-0.4, -0.2) is 36.5 Å². The van der Waals surface area contributed by atoms with Crippen molar-refractivity contribution in [1.29, 1.82) is 0 Å². The lowest BCUT2D eigenvalue weighted by Gasteiger charge is -2.25. The standard InChI is InChI=1S/C27H22FNO6/c1-3-35-27(33)18-6-12-20(13-7-18)29-23(16-4-10-19(28)11-5-16)22(25(31)26(29)32)24(30)17-8-14-21(34-2)15-9-17/h4-15,23,30H,3H2,1-2H3/b24-22-. The van der Waals surface area contributed by atoms with Crippen LogP contribution in [0.3, 0.4) is 0 Å². The van der Waals surface area contributed by atoms with Crippen LogP contribution in [-0.2, 0) is 14.3 Å². The number of benzene rings is 3. The van der Waals surface area contributed by atoms with Crippen LogP contribution in [0, 0.1) is 5.82 Å². The van der Waals surface area contributed by atoms with Crippen molar-refractivity contribution in [1.82, 2.24) is 0 Å². The van der Waals surface area contributed by atoms with Crippen molar-refractivity contribution in [3.8, 4) is 5.75 Å². The van der Waals surface area contributed by atoms with Crippen molar-refractivity contribution in [2.24, 2.45) is 0 Å². The van der Waals surface area contributed by atoms with Crippen LogP contribution in [0.1, 0.15) is 34.5 Å². The summed E-state index contributed by atoms with van der Waals surface area (Å²) in [5.74, 6) is -2.57. The Morgan fingerprint density at radius 3 is 2.11 bits per heavy atom. The molecule has 0 saturated carbocycles. The fourth-order valence-corrected chi connectivity index (χ4v) is 3.94. The Hall–Kier alpha value is -4.46. The zero-order chi connectivity index (χ0) is 25.1. The number of hydrogen-bond acceptors (Lipinski definition) is 6. The zero-order valence-corrected chi connectivity index (χ0v) is 19.0. The van der Waals surface area contributed by atoms with Gasteiger partial charge in [-0.2, -0.15) is 0 Å². The minimum absolute atomic E-state index is 0.138. The molecule has 1 amide bonds. The number of esters is 1. The highest BCUT2D eigenvalue weighted by molar-refractivity contribution is 6.51. The van der Waals surface area contributed by atoms with E-state index in [0.29, 0.717) is 22.6 Å². The van der Waals surface area contributed by atoms with E-state index in [0.717, 1.165) is 0 Å². The molecule has 178 valence electrons. The van der Waals surface area contributed by atoms with Gasteiger partial charge in [-0.25, -0.2) is 9.18 Å². The second-order valence-electron chi connectivity index (χ2n) is 7.72. The summed E-state index contributed by atoms with van der Waals surface area (Å²) in [6.07, 6.45) is 0.